The van der Waals surface area contributed by atoms with Gasteiger partial charge in [0.2, 0.25) is 0 Å². The van der Waals surface area contributed by atoms with Crippen molar-refractivity contribution in [2.75, 3.05) is 5.75 Å². The van der Waals surface area contributed by atoms with E-state index in [4.69, 9.17) is 0 Å². The largest absolute Gasteiger partial charge is 0.328 e. The standard InChI is InChI=1S/C19H23N3O2S/c1-3-18-21-17-14-20-13-15(2)19(17)22(18)11-7-8-12-25(23,24)16-9-5-4-6-10-16/h4-6,9-10,13-14H,3,7-8,11-12H2,1-2H3. The highest BCUT2D eigenvalue weighted by molar-refractivity contribution is 7.91. The van der Waals surface area contributed by atoms with E-state index in [1.807, 2.05) is 19.2 Å². The van der Waals surface area contributed by atoms with Crippen molar-refractivity contribution in [2.24, 2.45) is 0 Å². The minimum Gasteiger partial charge on any atom is -0.328 e. The van der Waals surface area contributed by atoms with Gasteiger partial charge >= 0.3 is 0 Å². The number of unbranched alkanes of at least 4 members (excludes halogenated alkanes) is 1. The van der Waals surface area contributed by atoms with Crippen molar-refractivity contribution in [3.05, 3.63) is 54.1 Å². The lowest BCUT2D eigenvalue weighted by Crippen LogP contribution is -2.09. The van der Waals surface area contributed by atoms with Crippen LogP contribution in [0.3, 0.4) is 0 Å². The van der Waals surface area contributed by atoms with E-state index in [0.29, 0.717) is 11.3 Å². The first-order chi connectivity index (χ1) is 12.0. The molecular formula is C19H23N3O2S. The van der Waals surface area contributed by atoms with Crippen LogP contribution < -0.4 is 0 Å². The van der Waals surface area contributed by atoms with E-state index in [9.17, 15) is 8.42 Å². The average molecular weight is 357 g/mol. The summed E-state index contributed by atoms with van der Waals surface area (Å²) in [7, 11) is -3.20. The predicted octanol–water partition coefficient (Wildman–Crippen LogP) is 3.56. The van der Waals surface area contributed by atoms with Crippen molar-refractivity contribution in [2.45, 2.75) is 44.6 Å². The third kappa shape index (κ3) is 3.74. The maximum Gasteiger partial charge on any atom is 0.178 e. The Labute approximate surface area is 148 Å². The fourth-order valence-electron chi connectivity index (χ4n) is 3.12. The van der Waals surface area contributed by atoms with E-state index < -0.39 is 9.84 Å². The molecule has 0 saturated heterocycles. The highest BCUT2D eigenvalue weighted by Crippen LogP contribution is 2.20. The third-order valence-electron chi connectivity index (χ3n) is 4.38. The van der Waals surface area contributed by atoms with Crippen LogP contribution in [0.1, 0.15) is 31.2 Å². The van der Waals surface area contributed by atoms with E-state index in [1.165, 1.54) is 0 Å². The summed E-state index contributed by atoms with van der Waals surface area (Å²) in [5.41, 5.74) is 3.12. The van der Waals surface area contributed by atoms with Gasteiger partial charge in [0.15, 0.2) is 9.84 Å². The molecule has 132 valence electrons. The summed E-state index contributed by atoms with van der Waals surface area (Å²) in [5, 5.41) is 0. The van der Waals surface area contributed by atoms with Gasteiger partial charge in [-0.1, -0.05) is 25.1 Å². The van der Waals surface area contributed by atoms with Crippen LogP contribution in [0, 0.1) is 6.92 Å². The molecule has 2 aromatic heterocycles. The fraction of sp³-hybridized carbons (Fsp3) is 0.368. The molecule has 25 heavy (non-hydrogen) atoms. The van der Waals surface area contributed by atoms with Crippen LogP contribution in [0.2, 0.25) is 0 Å². The maximum atomic E-state index is 12.4. The molecular weight excluding hydrogens is 334 g/mol. The zero-order valence-corrected chi connectivity index (χ0v) is 15.5. The lowest BCUT2D eigenvalue weighted by atomic mass is 10.2. The molecule has 0 aliphatic rings. The van der Waals surface area contributed by atoms with Crippen molar-refractivity contribution in [3.8, 4) is 0 Å². The summed E-state index contributed by atoms with van der Waals surface area (Å²) in [6.07, 6.45) is 5.91. The van der Waals surface area contributed by atoms with E-state index in [1.54, 1.807) is 30.5 Å². The molecule has 6 heteroatoms. The molecule has 0 fully saturated rings. The number of aryl methyl sites for hydroxylation is 3. The summed E-state index contributed by atoms with van der Waals surface area (Å²) in [4.78, 5) is 9.26. The quantitative estimate of drug-likeness (QED) is 0.607. The minimum atomic E-state index is -3.20. The van der Waals surface area contributed by atoms with Crippen LogP contribution in [0.4, 0.5) is 0 Å². The van der Waals surface area contributed by atoms with Gasteiger partial charge in [0.05, 0.1) is 22.4 Å². The van der Waals surface area contributed by atoms with E-state index in [2.05, 4.69) is 21.5 Å². The first-order valence-corrected chi connectivity index (χ1v) is 10.3. The van der Waals surface area contributed by atoms with E-state index in [-0.39, 0.29) is 5.75 Å². The summed E-state index contributed by atoms with van der Waals surface area (Å²) < 4.78 is 26.9. The molecule has 0 aliphatic heterocycles. The molecule has 0 atom stereocenters. The summed E-state index contributed by atoms with van der Waals surface area (Å²) in [5.74, 6) is 1.20. The summed E-state index contributed by atoms with van der Waals surface area (Å²) in [6, 6.07) is 8.66. The maximum absolute atomic E-state index is 12.4. The highest BCUT2D eigenvalue weighted by Gasteiger charge is 2.15. The fourth-order valence-corrected chi connectivity index (χ4v) is 4.52. The molecule has 0 unspecified atom stereocenters. The Kier molecular flexibility index (Phi) is 5.18. The number of fused-ring (bicyclic) bond motifs is 1. The van der Waals surface area contributed by atoms with Crippen molar-refractivity contribution >= 4 is 20.9 Å². The molecule has 1 aromatic carbocycles. The molecule has 0 spiro atoms. The molecule has 0 bridgehead atoms. The second kappa shape index (κ2) is 7.35. The molecule has 3 rings (SSSR count). The Bertz CT molecular complexity index is 963. The minimum absolute atomic E-state index is 0.172. The number of hydrogen-bond acceptors (Lipinski definition) is 4. The second-order valence-electron chi connectivity index (χ2n) is 6.20. The van der Waals surface area contributed by atoms with Crippen LogP contribution in [0.15, 0.2) is 47.6 Å². The number of pyridine rings is 1. The van der Waals surface area contributed by atoms with Crippen LogP contribution in [-0.2, 0) is 22.8 Å². The van der Waals surface area contributed by atoms with Crippen LogP contribution in [0.5, 0.6) is 0 Å². The zero-order valence-electron chi connectivity index (χ0n) is 14.6. The molecule has 0 aliphatic carbocycles. The summed E-state index contributed by atoms with van der Waals surface area (Å²) in [6.45, 7) is 4.89. The van der Waals surface area contributed by atoms with Crippen molar-refractivity contribution in [1.29, 1.82) is 0 Å². The summed E-state index contributed by atoms with van der Waals surface area (Å²) >= 11 is 0. The van der Waals surface area contributed by atoms with Gasteiger partial charge in [-0.3, -0.25) is 4.98 Å². The number of benzene rings is 1. The Morgan fingerprint density at radius 2 is 1.84 bits per heavy atom. The van der Waals surface area contributed by atoms with Crippen LogP contribution >= 0.6 is 0 Å². The molecule has 0 N–H and O–H groups in total. The first kappa shape index (κ1) is 17.6. The molecule has 3 aromatic rings. The molecule has 0 amide bonds. The first-order valence-electron chi connectivity index (χ1n) is 8.60. The monoisotopic (exact) mass is 357 g/mol. The SMILES string of the molecule is CCc1nc2cncc(C)c2n1CCCCS(=O)(=O)c1ccccc1. The number of nitrogens with zero attached hydrogens (tertiary/aromatic N) is 3. The predicted molar refractivity (Wildman–Crippen MR) is 99.4 cm³/mol. The Hall–Kier alpha value is -2.21. The number of rotatable bonds is 7. The van der Waals surface area contributed by atoms with Gasteiger partial charge in [0, 0.05) is 19.2 Å². The van der Waals surface area contributed by atoms with Crippen molar-refractivity contribution in [1.82, 2.24) is 14.5 Å². The number of sulfone groups is 1. The molecule has 2 heterocycles. The van der Waals surface area contributed by atoms with Crippen molar-refractivity contribution < 1.29 is 8.42 Å². The van der Waals surface area contributed by atoms with Gasteiger partial charge in [-0.25, -0.2) is 13.4 Å². The van der Waals surface area contributed by atoms with Crippen LogP contribution in [-0.4, -0.2) is 28.7 Å². The topological polar surface area (TPSA) is 64.8 Å². The Balaban J connectivity index is 1.70. The molecule has 0 saturated carbocycles. The lowest BCUT2D eigenvalue weighted by Gasteiger charge is -2.10. The van der Waals surface area contributed by atoms with E-state index in [0.717, 1.165) is 41.8 Å². The molecule has 5 nitrogen and oxygen atoms in total. The third-order valence-corrected chi connectivity index (χ3v) is 6.19. The van der Waals surface area contributed by atoms with Gasteiger partial charge in [-0.15, -0.1) is 0 Å². The van der Waals surface area contributed by atoms with Crippen LogP contribution in [0.25, 0.3) is 11.0 Å². The van der Waals surface area contributed by atoms with Gasteiger partial charge < -0.3 is 4.57 Å². The van der Waals surface area contributed by atoms with E-state index >= 15 is 0 Å². The molecule has 0 radical (unpaired) electrons. The van der Waals surface area contributed by atoms with Gasteiger partial charge in [-0.2, -0.15) is 0 Å². The Morgan fingerprint density at radius 1 is 1.08 bits per heavy atom. The Morgan fingerprint density at radius 3 is 2.56 bits per heavy atom. The normalized spacial score (nSPS) is 11.9. The lowest BCUT2D eigenvalue weighted by molar-refractivity contribution is 0.581. The van der Waals surface area contributed by atoms with Crippen molar-refractivity contribution in [3.63, 3.8) is 0 Å². The average Bonchev–Trinajstić information content (AvgIpc) is 2.98. The zero-order chi connectivity index (χ0) is 17.9. The number of hydrogen-bond donors (Lipinski definition) is 0. The van der Waals surface area contributed by atoms with Gasteiger partial charge in [0.25, 0.3) is 0 Å². The van der Waals surface area contributed by atoms with Gasteiger partial charge in [0.1, 0.15) is 11.3 Å². The number of imidazole rings is 1. The highest BCUT2D eigenvalue weighted by atomic mass is 32.2. The van der Waals surface area contributed by atoms with Gasteiger partial charge in [-0.05, 0) is 37.5 Å². The number of aromatic nitrogens is 3. The second-order valence-corrected chi connectivity index (χ2v) is 8.31. The smallest absolute Gasteiger partial charge is 0.178 e.